The monoisotopic (exact) mass is 130 g/mol. The van der Waals surface area contributed by atoms with Gasteiger partial charge in [0.15, 0.2) is 0 Å². The standard InChI is InChI=1S/C6H10OS/c1-3-4-5-6(7)8-2/h4-5H,3H2,1-2H3/b5-4+. The van der Waals surface area contributed by atoms with Gasteiger partial charge in [-0.3, -0.25) is 4.79 Å². The first-order valence-electron chi connectivity index (χ1n) is 2.55. The van der Waals surface area contributed by atoms with Gasteiger partial charge in [-0.1, -0.05) is 24.8 Å². The number of carbonyl (C=O) groups is 1. The first-order chi connectivity index (χ1) is 3.81. The fourth-order valence-electron chi connectivity index (χ4n) is 0.282. The lowest BCUT2D eigenvalue weighted by Gasteiger charge is -1.80. The lowest BCUT2D eigenvalue weighted by molar-refractivity contribution is -0.107. The molecule has 0 spiro atoms. The van der Waals surface area contributed by atoms with Crippen LogP contribution in [-0.4, -0.2) is 11.4 Å². The van der Waals surface area contributed by atoms with E-state index in [1.54, 1.807) is 12.3 Å². The van der Waals surface area contributed by atoms with Gasteiger partial charge >= 0.3 is 0 Å². The van der Waals surface area contributed by atoms with Gasteiger partial charge in [0.1, 0.15) is 0 Å². The Morgan fingerprint density at radius 1 is 1.75 bits per heavy atom. The highest BCUT2D eigenvalue weighted by Gasteiger charge is 1.85. The van der Waals surface area contributed by atoms with Crippen LogP contribution in [0.3, 0.4) is 0 Å². The van der Waals surface area contributed by atoms with Crippen LogP contribution < -0.4 is 0 Å². The summed E-state index contributed by atoms with van der Waals surface area (Å²) in [5, 5.41) is 0.131. The molecule has 0 heterocycles. The molecule has 0 aliphatic rings. The van der Waals surface area contributed by atoms with Crippen LogP contribution in [0, 0.1) is 0 Å². The molecule has 0 aromatic carbocycles. The van der Waals surface area contributed by atoms with E-state index in [1.165, 1.54) is 11.8 Å². The van der Waals surface area contributed by atoms with Gasteiger partial charge in [0, 0.05) is 0 Å². The van der Waals surface area contributed by atoms with Gasteiger partial charge < -0.3 is 0 Å². The lowest BCUT2D eigenvalue weighted by atomic mass is 10.4. The molecule has 0 saturated heterocycles. The zero-order valence-electron chi connectivity index (χ0n) is 5.18. The maximum atomic E-state index is 10.4. The average Bonchev–Trinajstić information content (AvgIpc) is 1.83. The third-order valence-electron chi connectivity index (χ3n) is 0.691. The normalized spacial score (nSPS) is 10.2. The maximum Gasteiger partial charge on any atom is 0.211 e. The smallest absolute Gasteiger partial charge is 0.211 e. The summed E-state index contributed by atoms with van der Waals surface area (Å²) in [5.41, 5.74) is 0. The van der Waals surface area contributed by atoms with Crippen LogP contribution in [0.1, 0.15) is 13.3 Å². The van der Waals surface area contributed by atoms with E-state index in [4.69, 9.17) is 0 Å². The van der Waals surface area contributed by atoms with Crippen molar-refractivity contribution < 1.29 is 4.79 Å². The first-order valence-corrected chi connectivity index (χ1v) is 3.78. The number of thioether (sulfide) groups is 1. The average molecular weight is 130 g/mol. The molecule has 0 aromatic rings. The summed E-state index contributed by atoms with van der Waals surface area (Å²) in [6, 6.07) is 0. The van der Waals surface area contributed by atoms with Crippen LogP contribution in [0.2, 0.25) is 0 Å². The fraction of sp³-hybridized carbons (Fsp3) is 0.500. The molecular formula is C6H10OS. The van der Waals surface area contributed by atoms with Crippen LogP contribution in [-0.2, 0) is 4.79 Å². The van der Waals surface area contributed by atoms with E-state index in [2.05, 4.69) is 0 Å². The van der Waals surface area contributed by atoms with Gasteiger partial charge in [-0.15, -0.1) is 0 Å². The van der Waals surface area contributed by atoms with E-state index in [1.807, 2.05) is 13.0 Å². The summed E-state index contributed by atoms with van der Waals surface area (Å²) in [7, 11) is 0. The number of hydrogen-bond donors (Lipinski definition) is 0. The number of allylic oxidation sites excluding steroid dienone is 1. The van der Waals surface area contributed by atoms with E-state index in [-0.39, 0.29) is 5.12 Å². The predicted octanol–water partition coefficient (Wildman–Crippen LogP) is 1.84. The summed E-state index contributed by atoms with van der Waals surface area (Å²) < 4.78 is 0. The molecule has 46 valence electrons. The molecule has 0 aliphatic carbocycles. The Morgan fingerprint density at radius 3 is 2.75 bits per heavy atom. The minimum absolute atomic E-state index is 0.131. The molecule has 0 amide bonds. The number of carbonyl (C=O) groups excluding carboxylic acids is 1. The van der Waals surface area contributed by atoms with Gasteiger partial charge in [0.2, 0.25) is 5.12 Å². The molecule has 0 saturated carbocycles. The summed E-state index contributed by atoms with van der Waals surface area (Å²) in [4.78, 5) is 10.4. The van der Waals surface area contributed by atoms with Crippen molar-refractivity contribution in [3.8, 4) is 0 Å². The molecule has 0 unspecified atom stereocenters. The molecule has 0 rings (SSSR count). The fourth-order valence-corrected chi connectivity index (χ4v) is 0.514. The Bertz CT molecular complexity index is 96.7. The van der Waals surface area contributed by atoms with Gasteiger partial charge in [0.05, 0.1) is 0 Å². The van der Waals surface area contributed by atoms with Crippen molar-refractivity contribution in [2.75, 3.05) is 6.26 Å². The van der Waals surface area contributed by atoms with Crippen LogP contribution in [0.25, 0.3) is 0 Å². The molecular weight excluding hydrogens is 120 g/mol. The Kier molecular flexibility index (Phi) is 4.76. The Morgan fingerprint density at radius 2 is 2.38 bits per heavy atom. The lowest BCUT2D eigenvalue weighted by Crippen LogP contribution is -1.79. The van der Waals surface area contributed by atoms with Crippen LogP contribution in [0.4, 0.5) is 0 Å². The van der Waals surface area contributed by atoms with Crippen molar-refractivity contribution in [3.05, 3.63) is 12.2 Å². The molecule has 8 heavy (non-hydrogen) atoms. The van der Waals surface area contributed by atoms with Gasteiger partial charge in [-0.05, 0) is 18.8 Å². The van der Waals surface area contributed by atoms with Crippen molar-refractivity contribution in [2.24, 2.45) is 0 Å². The molecule has 1 nitrogen and oxygen atoms in total. The summed E-state index contributed by atoms with van der Waals surface area (Å²) in [5.74, 6) is 0. The minimum atomic E-state index is 0.131. The van der Waals surface area contributed by atoms with Gasteiger partial charge in [-0.2, -0.15) is 0 Å². The van der Waals surface area contributed by atoms with Crippen molar-refractivity contribution in [2.45, 2.75) is 13.3 Å². The highest BCUT2D eigenvalue weighted by molar-refractivity contribution is 8.13. The second kappa shape index (κ2) is 4.91. The highest BCUT2D eigenvalue weighted by atomic mass is 32.2. The molecule has 0 atom stereocenters. The second-order valence-electron chi connectivity index (χ2n) is 1.33. The maximum absolute atomic E-state index is 10.4. The van der Waals surface area contributed by atoms with E-state index >= 15 is 0 Å². The SMILES string of the molecule is CC/C=C/C(=O)SC. The number of hydrogen-bond acceptors (Lipinski definition) is 2. The van der Waals surface area contributed by atoms with Gasteiger partial charge in [-0.25, -0.2) is 0 Å². The Labute approximate surface area is 54.2 Å². The van der Waals surface area contributed by atoms with Crippen LogP contribution in [0.5, 0.6) is 0 Å². The largest absolute Gasteiger partial charge is 0.282 e. The summed E-state index contributed by atoms with van der Waals surface area (Å²) in [6.45, 7) is 2.00. The highest BCUT2D eigenvalue weighted by Crippen LogP contribution is 1.95. The molecule has 2 heteroatoms. The summed E-state index contributed by atoms with van der Waals surface area (Å²) in [6.07, 6.45) is 6.18. The molecule has 0 N–H and O–H groups in total. The third kappa shape index (κ3) is 3.93. The van der Waals surface area contributed by atoms with Crippen LogP contribution >= 0.6 is 11.8 Å². The topological polar surface area (TPSA) is 17.1 Å². The van der Waals surface area contributed by atoms with Gasteiger partial charge in [0.25, 0.3) is 0 Å². The van der Waals surface area contributed by atoms with Crippen molar-refractivity contribution in [3.63, 3.8) is 0 Å². The molecule has 0 bridgehead atoms. The van der Waals surface area contributed by atoms with Crippen molar-refractivity contribution in [1.29, 1.82) is 0 Å². The molecule has 0 aliphatic heterocycles. The van der Waals surface area contributed by atoms with E-state index in [0.29, 0.717) is 0 Å². The molecule has 0 radical (unpaired) electrons. The quantitative estimate of drug-likeness (QED) is 0.530. The third-order valence-corrected chi connectivity index (χ3v) is 1.23. The van der Waals surface area contributed by atoms with E-state index in [9.17, 15) is 4.79 Å². The molecule has 0 aromatic heterocycles. The number of rotatable bonds is 2. The van der Waals surface area contributed by atoms with Crippen molar-refractivity contribution in [1.82, 2.24) is 0 Å². The minimum Gasteiger partial charge on any atom is -0.282 e. The van der Waals surface area contributed by atoms with E-state index in [0.717, 1.165) is 6.42 Å². The van der Waals surface area contributed by atoms with E-state index < -0.39 is 0 Å². The first kappa shape index (κ1) is 7.76. The molecule has 0 fully saturated rings. The zero-order valence-corrected chi connectivity index (χ0v) is 5.99. The predicted molar refractivity (Wildman–Crippen MR) is 38.0 cm³/mol. The Balaban J connectivity index is 3.37. The summed E-state index contributed by atoms with van der Waals surface area (Å²) >= 11 is 1.24. The second-order valence-corrected chi connectivity index (χ2v) is 2.14. The van der Waals surface area contributed by atoms with Crippen molar-refractivity contribution >= 4 is 16.9 Å². The zero-order chi connectivity index (χ0) is 6.41. The Hall–Kier alpha value is -0.240. The van der Waals surface area contributed by atoms with Crippen LogP contribution in [0.15, 0.2) is 12.2 Å².